The van der Waals surface area contributed by atoms with Crippen molar-refractivity contribution >= 4 is 40.8 Å². The van der Waals surface area contributed by atoms with Crippen LogP contribution in [0.15, 0.2) is 30.3 Å². The molecule has 0 N–H and O–H groups in total. The van der Waals surface area contributed by atoms with E-state index in [0.29, 0.717) is 21.3 Å². The maximum absolute atomic E-state index is 11.5. The molecule has 2 rings (SSSR count). The van der Waals surface area contributed by atoms with E-state index in [4.69, 9.17) is 34.8 Å². The van der Waals surface area contributed by atoms with Crippen LogP contribution < -0.4 is 0 Å². The molecule has 98 valence electrons. The maximum Gasteiger partial charge on any atom is 0.338 e. The lowest BCUT2D eigenvalue weighted by Gasteiger charge is -2.08. The van der Waals surface area contributed by atoms with Gasteiger partial charge in [-0.25, -0.2) is 9.78 Å². The number of esters is 1. The van der Waals surface area contributed by atoms with E-state index >= 15 is 0 Å². The molecule has 0 spiro atoms. The number of rotatable bonds is 2. The molecular weight excluding hydrogens is 309 g/mol. The van der Waals surface area contributed by atoms with E-state index in [2.05, 4.69) is 9.72 Å². The normalized spacial score (nSPS) is 10.3. The van der Waals surface area contributed by atoms with Crippen LogP contribution in [-0.2, 0) is 4.74 Å². The molecular formula is C13H8Cl3NO2. The molecule has 19 heavy (non-hydrogen) atoms. The molecule has 1 aromatic heterocycles. The zero-order chi connectivity index (χ0) is 14.0. The smallest absolute Gasteiger partial charge is 0.338 e. The second kappa shape index (κ2) is 5.78. The molecule has 6 heteroatoms. The lowest BCUT2D eigenvalue weighted by atomic mass is 10.1. The van der Waals surface area contributed by atoms with Gasteiger partial charge in [-0.15, -0.1) is 0 Å². The van der Waals surface area contributed by atoms with Crippen LogP contribution in [0.5, 0.6) is 0 Å². The Kier molecular flexibility index (Phi) is 4.30. The second-order valence-electron chi connectivity index (χ2n) is 3.65. The topological polar surface area (TPSA) is 39.2 Å². The Morgan fingerprint density at radius 3 is 2.37 bits per heavy atom. The Morgan fingerprint density at radius 1 is 1.16 bits per heavy atom. The van der Waals surface area contributed by atoms with Crippen molar-refractivity contribution in [3.05, 3.63) is 51.1 Å². The number of hydrogen-bond donors (Lipinski definition) is 0. The summed E-state index contributed by atoms with van der Waals surface area (Å²) in [4.78, 5) is 15.7. The number of carbonyl (C=O) groups excluding carboxylic acids is 1. The van der Waals surface area contributed by atoms with Crippen molar-refractivity contribution in [3.63, 3.8) is 0 Å². The van der Waals surface area contributed by atoms with Crippen LogP contribution in [0.4, 0.5) is 0 Å². The number of methoxy groups -OCH3 is 1. The highest BCUT2D eigenvalue weighted by Gasteiger charge is 2.14. The van der Waals surface area contributed by atoms with E-state index in [0.717, 1.165) is 0 Å². The van der Waals surface area contributed by atoms with Crippen LogP contribution in [0.1, 0.15) is 10.4 Å². The van der Waals surface area contributed by atoms with Crippen LogP contribution in [0, 0.1) is 0 Å². The van der Waals surface area contributed by atoms with Crippen LogP contribution in [0.25, 0.3) is 11.3 Å². The number of hydrogen-bond acceptors (Lipinski definition) is 3. The van der Waals surface area contributed by atoms with Gasteiger partial charge in [0.1, 0.15) is 5.15 Å². The van der Waals surface area contributed by atoms with Crippen molar-refractivity contribution in [3.8, 4) is 11.3 Å². The van der Waals surface area contributed by atoms with E-state index in [9.17, 15) is 4.79 Å². The lowest BCUT2D eigenvalue weighted by molar-refractivity contribution is 0.0600. The monoisotopic (exact) mass is 315 g/mol. The van der Waals surface area contributed by atoms with Crippen molar-refractivity contribution < 1.29 is 9.53 Å². The van der Waals surface area contributed by atoms with E-state index in [1.54, 1.807) is 18.2 Å². The molecule has 0 saturated heterocycles. The largest absolute Gasteiger partial charge is 0.465 e. The van der Waals surface area contributed by atoms with Gasteiger partial charge in [-0.1, -0.05) is 40.9 Å². The van der Waals surface area contributed by atoms with E-state index in [-0.39, 0.29) is 10.7 Å². The third kappa shape index (κ3) is 3.00. The first-order chi connectivity index (χ1) is 9.02. The molecule has 0 saturated carbocycles. The average molecular weight is 317 g/mol. The fourth-order valence-corrected chi connectivity index (χ4v) is 2.40. The third-order valence-electron chi connectivity index (χ3n) is 2.43. The molecule has 2 aromatic rings. The number of benzene rings is 1. The number of nitrogens with zero attached hydrogens (tertiary/aromatic N) is 1. The Bertz CT molecular complexity index is 624. The summed E-state index contributed by atoms with van der Waals surface area (Å²) in [6.45, 7) is 0. The number of pyridine rings is 1. The summed E-state index contributed by atoms with van der Waals surface area (Å²) in [7, 11) is 1.29. The summed E-state index contributed by atoms with van der Waals surface area (Å²) in [5.74, 6) is -0.506. The third-order valence-corrected chi connectivity index (χ3v) is 3.26. The van der Waals surface area contributed by atoms with Gasteiger partial charge in [0.25, 0.3) is 0 Å². The lowest BCUT2D eigenvalue weighted by Crippen LogP contribution is -2.02. The fraction of sp³-hybridized carbons (Fsp3) is 0.0769. The summed E-state index contributed by atoms with van der Waals surface area (Å²) in [5, 5.41) is 1.02. The van der Waals surface area contributed by atoms with Crippen molar-refractivity contribution in [2.45, 2.75) is 0 Å². The average Bonchev–Trinajstić information content (AvgIpc) is 2.37. The molecule has 0 unspecified atom stereocenters. The van der Waals surface area contributed by atoms with E-state index in [1.807, 2.05) is 0 Å². The highest BCUT2D eigenvalue weighted by atomic mass is 35.5. The molecule has 0 fully saturated rings. The quantitative estimate of drug-likeness (QED) is 0.605. The first-order valence-corrected chi connectivity index (χ1v) is 6.36. The van der Waals surface area contributed by atoms with Gasteiger partial charge in [-0.05, 0) is 24.3 Å². The second-order valence-corrected chi connectivity index (χ2v) is 4.85. The van der Waals surface area contributed by atoms with E-state index in [1.165, 1.54) is 19.2 Å². The van der Waals surface area contributed by atoms with Crippen molar-refractivity contribution in [1.82, 2.24) is 4.98 Å². The van der Waals surface area contributed by atoms with Crippen molar-refractivity contribution in [1.29, 1.82) is 0 Å². The molecule has 0 aliphatic heterocycles. The van der Waals surface area contributed by atoms with Crippen LogP contribution in [0.2, 0.25) is 15.2 Å². The highest BCUT2D eigenvalue weighted by molar-refractivity contribution is 6.39. The Balaban J connectivity index is 2.63. The van der Waals surface area contributed by atoms with Gasteiger partial charge in [-0.2, -0.15) is 0 Å². The predicted molar refractivity (Wildman–Crippen MR) is 76.0 cm³/mol. The minimum absolute atomic E-state index is 0.161. The van der Waals surface area contributed by atoms with Gasteiger partial charge in [0.05, 0.1) is 28.4 Å². The van der Waals surface area contributed by atoms with Crippen LogP contribution >= 0.6 is 34.8 Å². The number of aromatic nitrogens is 1. The van der Waals surface area contributed by atoms with Crippen molar-refractivity contribution in [2.75, 3.05) is 7.11 Å². The van der Waals surface area contributed by atoms with Gasteiger partial charge in [-0.3, -0.25) is 0 Å². The zero-order valence-electron chi connectivity index (χ0n) is 9.78. The summed E-state index contributed by atoms with van der Waals surface area (Å²) >= 11 is 18.1. The SMILES string of the molecule is COC(=O)c1cc(Cl)nc(-c2c(Cl)cccc2Cl)c1. The predicted octanol–water partition coefficient (Wildman–Crippen LogP) is 4.50. The number of ether oxygens (including phenoxy) is 1. The highest BCUT2D eigenvalue weighted by Crippen LogP contribution is 2.34. The fourth-order valence-electron chi connectivity index (χ4n) is 1.60. The zero-order valence-corrected chi connectivity index (χ0v) is 12.1. The first-order valence-electron chi connectivity index (χ1n) is 5.23. The molecule has 1 heterocycles. The summed E-state index contributed by atoms with van der Waals surface area (Å²) in [6.07, 6.45) is 0. The Hall–Kier alpha value is -1.29. The first kappa shape index (κ1) is 14.1. The van der Waals surface area contributed by atoms with Crippen LogP contribution in [0.3, 0.4) is 0 Å². The van der Waals surface area contributed by atoms with Crippen LogP contribution in [-0.4, -0.2) is 18.1 Å². The molecule has 0 radical (unpaired) electrons. The molecule has 3 nitrogen and oxygen atoms in total. The van der Waals surface area contributed by atoms with Gasteiger partial charge >= 0.3 is 5.97 Å². The van der Waals surface area contributed by atoms with Gasteiger partial charge in [0, 0.05) is 5.56 Å². The summed E-state index contributed by atoms with van der Waals surface area (Å²) < 4.78 is 4.65. The Labute approximate surface area is 125 Å². The standard InChI is InChI=1S/C13H8Cl3NO2/c1-19-13(18)7-5-10(17-11(16)6-7)12-8(14)3-2-4-9(12)15/h2-6H,1H3. The minimum atomic E-state index is -0.506. The Morgan fingerprint density at radius 2 is 1.79 bits per heavy atom. The molecule has 0 amide bonds. The summed E-state index contributed by atoms with van der Waals surface area (Å²) in [5.41, 5.74) is 1.23. The number of halogens is 3. The van der Waals surface area contributed by atoms with Crippen molar-refractivity contribution in [2.24, 2.45) is 0 Å². The summed E-state index contributed by atoms with van der Waals surface area (Å²) in [6, 6.07) is 8.04. The molecule has 1 aromatic carbocycles. The van der Waals surface area contributed by atoms with Gasteiger partial charge in [0.15, 0.2) is 0 Å². The molecule has 0 bridgehead atoms. The maximum atomic E-state index is 11.5. The molecule has 0 aliphatic carbocycles. The minimum Gasteiger partial charge on any atom is -0.465 e. The van der Waals surface area contributed by atoms with Gasteiger partial charge < -0.3 is 4.74 Å². The number of carbonyl (C=O) groups is 1. The van der Waals surface area contributed by atoms with Gasteiger partial charge in [0.2, 0.25) is 0 Å². The molecule has 0 atom stereocenters. The molecule has 0 aliphatic rings. The van der Waals surface area contributed by atoms with E-state index < -0.39 is 5.97 Å².